The zero-order chi connectivity index (χ0) is 17.0. The van der Waals surface area contributed by atoms with E-state index in [9.17, 15) is 4.79 Å². The molecule has 1 amide bonds. The maximum Gasteiger partial charge on any atom is 0.220 e. The Kier molecular flexibility index (Phi) is 19.5. The van der Waals surface area contributed by atoms with Gasteiger partial charge in [0.05, 0.1) is 26.4 Å². The molecule has 0 aromatic carbocycles. The van der Waals surface area contributed by atoms with Crippen LogP contribution in [0.1, 0.15) is 57.8 Å². The number of unbranched alkanes of at least 4 members (excludes halogenated alkanes) is 7. The summed E-state index contributed by atoms with van der Waals surface area (Å²) in [5, 5.41) is 2.88. The van der Waals surface area contributed by atoms with Crippen LogP contribution < -0.4 is 11.1 Å². The van der Waals surface area contributed by atoms with Gasteiger partial charge in [0.1, 0.15) is 0 Å². The molecule has 0 aliphatic carbocycles. The number of nitrogens with one attached hydrogen (secondary N) is 1. The van der Waals surface area contributed by atoms with Crippen molar-refractivity contribution in [1.29, 1.82) is 0 Å². The second-order valence-electron chi connectivity index (χ2n) is 5.67. The predicted molar refractivity (Wildman–Crippen MR) is 99.1 cm³/mol. The van der Waals surface area contributed by atoms with Crippen molar-refractivity contribution in [2.45, 2.75) is 57.8 Å². The molecule has 0 aromatic heterocycles. The van der Waals surface area contributed by atoms with E-state index in [2.05, 4.69) is 17.9 Å². The van der Waals surface area contributed by atoms with E-state index in [-0.39, 0.29) is 5.91 Å². The number of hydrogen-bond acceptors (Lipinski definition) is 5. The van der Waals surface area contributed by atoms with Gasteiger partial charge in [-0.15, -0.1) is 0 Å². The summed E-state index contributed by atoms with van der Waals surface area (Å²) in [6.45, 7) is 3.30. The van der Waals surface area contributed by atoms with Crippen molar-refractivity contribution in [2.24, 2.45) is 5.73 Å². The van der Waals surface area contributed by atoms with Gasteiger partial charge in [0.15, 0.2) is 0 Å². The van der Waals surface area contributed by atoms with E-state index < -0.39 is 0 Å². The lowest BCUT2D eigenvalue weighted by Crippen LogP contribution is -2.27. The second-order valence-corrected chi connectivity index (χ2v) is 6.11. The monoisotopic (exact) mass is 348 g/mol. The van der Waals surface area contributed by atoms with Crippen LogP contribution in [-0.2, 0) is 14.3 Å². The SMILES string of the molecule is NCCOCCOCCNC(=O)CCCCCCCCCCS. The molecule has 3 N–H and O–H groups in total. The number of carbonyl (C=O) groups excluding carboxylic acids is 1. The van der Waals surface area contributed by atoms with Gasteiger partial charge in [-0.05, 0) is 18.6 Å². The highest BCUT2D eigenvalue weighted by Gasteiger charge is 2.00. The van der Waals surface area contributed by atoms with Crippen LogP contribution in [0.2, 0.25) is 0 Å². The average molecular weight is 349 g/mol. The number of nitrogens with two attached hydrogens (primary N) is 1. The summed E-state index contributed by atoms with van der Waals surface area (Å²) in [5.74, 6) is 1.13. The smallest absolute Gasteiger partial charge is 0.220 e. The standard InChI is InChI=1S/C17H36N2O3S/c18-10-12-21-14-15-22-13-11-19-17(20)9-7-5-3-1-2-4-6-8-16-23/h23H,1-16,18H2,(H,19,20). The first kappa shape index (κ1) is 22.7. The molecule has 6 heteroatoms. The van der Waals surface area contributed by atoms with Crippen molar-refractivity contribution < 1.29 is 14.3 Å². The number of hydrogen-bond donors (Lipinski definition) is 3. The van der Waals surface area contributed by atoms with Gasteiger partial charge in [-0.3, -0.25) is 4.79 Å². The molecule has 23 heavy (non-hydrogen) atoms. The summed E-state index contributed by atoms with van der Waals surface area (Å²) >= 11 is 4.21. The van der Waals surface area contributed by atoms with Crippen LogP contribution in [-0.4, -0.2) is 51.2 Å². The normalized spacial score (nSPS) is 10.9. The van der Waals surface area contributed by atoms with E-state index in [0.29, 0.717) is 45.9 Å². The highest BCUT2D eigenvalue weighted by Crippen LogP contribution is 2.09. The quantitative estimate of drug-likeness (QED) is 0.263. The first-order chi connectivity index (χ1) is 11.3. The van der Waals surface area contributed by atoms with Gasteiger partial charge in [0, 0.05) is 19.5 Å². The lowest BCUT2D eigenvalue weighted by Gasteiger charge is -2.07. The fourth-order valence-electron chi connectivity index (χ4n) is 2.21. The predicted octanol–water partition coefficient (Wildman–Crippen LogP) is 2.54. The minimum absolute atomic E-state index is 0.127. The van der Waals surface area contributed by atoms with Crippen LogP contribution in [0.4, 0.5) is 0 Å². The Bertz CT molecular complexity index is 256. The van der Waals surface area contributed by atoms with Crippen molar-refractivity contribution >= 4 is 18.5 Å². The zero-order valence-corrected chi connectivity index (χ0v) is 15.5. The third kappa shape index (κ3) is 19.7. The Balaban J connectivity index is 3.13. The number of amides is 1. The summed E-state index contributed by atoms with van der Waals surface area (Å²) in [4.78, 5) is 11.6. The van der Waals surface area contributed by atoms with Gasteiger partial charge in [-0.25, -0.2) is 0 Å². The van der Waals surface area contributed by atoms with Crippen molar-refractivity contribution in [3.63, 3.8) is 0 Å². The van der Waals surface area contributed by atoms with Crippen molar-refractivity contribution in [1.82, 2.24) is 5.32 Å². The minimum atomic E-state index is 0.127. The summed E-state index contributed by atoms with van der Waals surface area (Å²) in [5.41, 5.74) is 5.30. The van der Waals surface area contributed by atoms with Gasteiger partial charge >= 0.3 is 0 Å². The largest absolute Gasteiger partial charge is 0.378 e. The maximum absolute atomic E-state index is 11.6. The topological polar surface area (TPSA) is 73.6 Å². The molecule has 138 valence electrons. The maximum atomic E-state index is 11.6. The van der Waals surface area contributed by atoms with E-state index in [1.54, 1.807) is 0 Å². The molecule has 0 fully saturated rings. The number of carbonyl (C=O) groups is 1. The molecular formula is C17H36N2O3S. The third-order valence-electron chi connectivity index (χ3n) is 3.51. The van der Waals surface area contributed by atoms with Crippen LogP contribution in [0.5, 0.6) is 0 Å². The first-order valence-corrected chi connectivity index (χ1v) is 9.67. The summed E-state index contributed by atoms with van der Waals surface area (Å²) in [6, 6.07) is 0. The number of thiol groups is 1. The molecule has 0 saturated heterocycles. The van der Waals surface area contributed by atoms with Gasteiger partial charge in [-0.2, -0.15) is 12.6 Å². The Morgan fingerprint density at radius 3 is 2.00 bits per heavy atom. The molecule has 0 heterocycles. The molecule has 0 aliphatic rings. The average Bonchev–Trinajstić information content (AvgIpc) is 2.56. The molecule has 0 atom stereocenters. The molecule has 0 saturated carbocycles. The molecule has 0 aliphatic heterocycles. The van der Waals surface area contributed by atoms with Crippen LogP contribution in [0.3, 0.4) is 0 Å². The molecule has 0 spiro atoms. The molecular weight excluding hydrogens is 312 g/mol. The Morgan fingerprint density at radius 2 is 1.39 bits per heavy atom. The Morgan fingerprint density at radius 1 is 0.826 bits per heavy atom. The van der Waals surface area contributed by atoms with Gasteiger partial charge < -0.3 is 20.5 Å². The zero-order valence-electron chi connectivity index (χ0n) is 14.6. The highest BCUT2D eigenvalue weighted by molar-refractivity contribution is 7.80. The van der Waals surface area contributed by atoms with Crippen LogP contribution >= 0.6 is 12.6 Å². The molecule has 0 unspecified atom stereocenters. The number of rotatable bonds is 18. The molecule has 0 radical (unpaired) electrons. The Labute approximate surface area is 147 Å². The van der Waals surface area contributed by atoms with Gasteiger partial charge in [-0.1, -0.05) is 38.5 Å². The van der Waals surface area contributed by atoms with E-state index in [0.717, 1.165) is 18.6 Å². The van der Waals surface area contributed by atoms with E-state index >= 15 is 0 Å². The van der Waals surface area contributed by atoms with E-state index in [1.807, 2.05) is 0 Å². The number of ether oxygens (including phenoxy) is 2. The van der Waals surface area contributed by atoms with E-state index in [4.69, 9.17) is 15.2 Å². The summed E-state index contributed by atoms with van der Waals surface area (Å²) in [6.07, 6.45) is 10.4. The van der Waals surface area contributed by atoms with E-state index in [1.165, 1.54) is 38.5 Å². The van der Waals surface area contributed by atoms with Crippen LogP contribution in [0.25, 0.3) is 0 Å². The summed E-state index contributed by atoms with van der Waals surface area (Å²) in [7, 11) is 0. The van der Waals surface area contributed by atoms with Crippen molar-refractivity contribution in [3.8, 4) is 0 Å². The molecule has 0 rings (SSSR count). The Hall–Kier alpha value is -0.300. The fraction of sp³-hybridized carbons (Fsp3) is 0.941. The van der Waals surface area contributed by atoms with Crippen LogP contribution in [0.15, 0.2) is 0 Å². The van der Waals surface area contributed by atoms with Crippen molar-refractivity contribution in [2.75, 3.05) is 45.3 Å². The van der Waals surface area contributed by atoms with Gasteiger partial charge in [0.2, 0.25) is 5.91 Å². The molecule has 5 nitrogen and oxygen atoms in total. The molecule has 0 bridgehead atoms. The van der Waals surface area contributed by atoms with Crippen LogP contribution in [0, 0.1) is 0 Å². The lowest BCUT2D eigenvalue weighted by atomic mass is 10.1. The first-order valence-electron chi connectivity index (χ1n) is 9.04. The molecule has 0 aromatic rings. The lowest BCUT2D eigenvalue weighted by molar-refractivity contribution is -0.121. The summed E-state index contributed by atoms with van der Waals surface area (Å²) < 4.78 is 10.5. The third-order valence-corrected chi connectivity index (χ3v) is 3.83. The second kappa shape index (κ2) is 19.7. The minimum Gasteiger partial charge on any atom is -0.378 e. The fourth-order valence-corrected chi connectivity index (χ4v) is 2.44. The van der Waals surface area contributed by atoms with Gasteiger partial charge in [0.25, 0.3) is 0 Å². The van der Waals surface area contributed by atoms with Crippen molar-refractivity contribution in [3.05, 3.63) is 0 Å². The highest BCUT2D eigenvalue weighted by atomic mass is 32.1.